The molecule has 0 unspecified atom stereocenters. The number of Topliss-reactive ketones (excluding diaryl/α,β-unsaturated/α-hetero) is 1. The average molecular weight is 496 g/mol. The average Bonchev–Trinajstić information content (AvgIpc) is 3.54. The summed E-state index contributed by atoms with van der Waals surface area (Å²) in [5, 5.41) is 9.18. The molecular weight excluding hydrogens is 454 g/mol. The minimum atomic E-state index is -0.624. The standard InChI is InChI=1S/C29H41N3O4/c1-6-35-27(34)17-36-26(16-25(33)15-22-8-7-19(4)12-20(22)5)29-31-30-28(32(29)24-9-10-24)23-13-21(14-23)11-18(2)3/h7-8,12,18,21,23-24,26H,6,9-11,13-17H2,1-5H3/t21?,23?,26-/m0/s1. The highest BCUT2D eigenvalue weighted by Gasteiger charge is 2.40. The Hall–Kier alpha value is -2.54. The molecule has 0 saturated heterocycles. The molecule has 7 heteroatoms. The molecule has 196 valence electrons. The highest BCUT2D eigenvalue weighted by molar-refractivity contribution is 5.81. The van der Waals surface area contributed by atoms with E-state index in [1.54, 1.807) is 6.92 Å². The van der Waals surface area contributed by atoms with Crippen LogP contribution in [0.25, 0.3) is 0 Å². The van der Waals surface area contributed by atoms with Crippen LogP contribution in [0.1, 0.15) is 106 Å². The third kappa shape index (κ3) is 6.61. The SMILES string of the molecule is CCOC(=O)CO[C@@H](CC(=O)Cc1ccc(C)cc1C)c1nnc(C2CC(CC(C)C)C2)n1C1CC1. The molecule has 0 N–H and O–H groups in total. The molecule has 2 aliphatic rings. The zero-order valence-electron chi connectivity index (χ0n) is 22.5. The highest BCUT2D eigenvalue weighted by Crippen LogP contribution is 2.47. The Labute approximate surface area is 215 Å². The van der Waals surface area contributed by atoms with E-state index in [9.17, 15) is 9.59 Å². The van der Waals surface area contributed by atoms with Crippen LogP contribution in [0.3, 0.4) is 0 Å². The summed E-state index contributed by atoms with van der Waals surface area (Å²) in [4.78, 5) is 25.3. The van der Waals surface area contributed by atoms with Gasteiger partial charge in [-0.2, -0.15) is 0 Å². The summed E-state index contributed by atoms with van der Waals surface area (Å²) in [6.07, 6.45) is 5.56. The maximum absolute atomic E-state index is 13.2. The topological polar surface area (TPSA) is 83.3 Å². The normalized spacial score (nSPS) is 20.3. The largest absolute Gasteiger partial charge is 0.464 e. The number of aryl methyl sites for hydroxylation is 2. The molecule has 2 fully saturated rings. The van der Waals surface area contributed by atoms with Crippen LogP contribution in [-0.2, 0) is 25.5 Å². The lowest BCUT2D eigenvalue weighted by atomic mass is 9.71. The molecule has 0 aliphatic heterocycles. The minimum absolute atomic E-state index is 0.0587. The fourth-order valence-electron chi connectivity index (χ4n) is 5.46. The van der Waals surface area contributed by atoms with E-state index in [1.165, 1.54) is 12.0 Å². The second-order valence-corrected chi connectivity index (χ2v) is 11.1. The molecule has 4 rings (SSSR count). The first kappa shape index (κ1) is 26.5. The molecule has 1 aromatic carbocycles. The first-order valence-corrected chi connectivity index (χ1v) is 13.5. The number of carbonyl (C=O) groups excluding carboxylic acids is 2. The fourth-order valence-corrected chi connectivity index (χ4v) is 5.46. The van der Waals surface area contributed by atoms with E-state index in [-0.39, 0.29) is 18.8 Å². The van der Waals surface area contributed by atoms with Gasteiger partial charge in [-0.25, -0.2) is 4.79 Å². The molecule has 1 aromatic heterocycles. The Morgan fingerprint density at radius 2 is 1.89 bits per heavy atom. The smallest absolute Gasteiger partial charge is 0.332 e. The van der Waals surface area contributed by atoms with Gasteiger partial charge in [0.05, 0.1) is 6.61 Å². The van der Waals surface area contributed by atoms with Crippen molar-refractivity contribution in [2.45, 2.75) is 97.6 Å². The summed E-state index contributed by atoms with van der Waals surface area (Å²) in [5.41, 5.74) is 3.30. The Bertz CT molecular complexity index is 1070. The summed E-state index contributed by atoms with van der Waals surface area (Å²) < 4.78 is 13.3. The van der Waals surface area contributed by atoms with Crippen molar-refractivity contribution in [3.63, 3.8) is 0 Å². The van der Waals surface area contributed by atoms with Gasteiger partial charge in [0.2, 0.25) is 0 Å². The number of hydrogen-bond acceptors (Lipinski definition) is 6. The van der Waals surface area contributed by atoms with E-state index < -0.39 is 12.1 Å². The van der Waals surface area contributed by atoms with E-state index in [1.807, 2.05) is 26.0 Å². The van der Waals surface area contributed by atoms with Crippen LogP contribution in [0.2, 0.25) is 0 Å². The molecule has 7 nitrogen and oxygen atoms in total. The van der Waals surface area contributed by atoms with Gasteiger partial charge in [0.15, 0.2) is 5.82 Å². The first-order chi connectivity index (χ1) is 17.2. The molecule has 0 amide bonds. The molecular formula is C29H41N3O4. The maximum Gasteiger partial charge on any atom is 0.332 e. The van der Waals surface area contributed by atoms with E-state index in [4.69, 9.17) is 9.47 Å². The fraction of sp³-hybridized carbons (Fsp3) is 0.655. The molecule has 0 bridgehead atoms. The van der Waals surface area contributed by atoms with E-state index in [0.717, 1.165) is 48.6 Å². The lowest BCUT2D eigenvalue weighted by molar-refractivity contribution is -0.151. The van der Waals surface area contributed by atoms with Crippen LogP contribution < -0.4 is 0 Å². The minimum Gasteiger partial charge on any atom is -0.464 e. The Morgan fingerprint density at radius 1 is 1.14 bits per heavy atom. The summed E-state index contributed by atoms with van der Waals surface area (Å²) in [7, 11) is 0. The Balaban J connectivity index is 1.52. The molecule has 2 aliphatic carbocycles. The van der Waals surface area contributed by atoms with Crippen molar-refractivity contribution in [2.24, 2.45) is 11.8 Å². The zero-order chi connectivity index (χ0) is 25.8. The van der Waals surface area contributed by atoms with Crippen molar-refractivity contribution in [3.05, 3.63) is 46.5 Å². The number of nitrogens with zero attached hydrogens (tertiary/aromatic N) is 3. The van der Waals surface area contributed by atoms with Gasteiger partial charge in [0.1, 0.15) is 24.3 Å². The number of rotatable bonds is 13. The van der Waals surface area contributed by atoms with E-state index >= 15 is 0 Å². The number of aromatic nitrogens is 3. The van der Waals surface area contributed by atoms with Gasteiger partial charge < -0.3 is 14.0 Å². The molecule has 2 saturated carbocycles. The van der Waals surface area contributed by atoms with Crippen LogP contribution in [0.15, 0.2) is 18.2 Å². The number of benzene rings is 1. The first-order valence-electron chi connectivity index (χ1n) is 13.5. The number of ether oxygens (including phenoxy) is 2. The summed E-state index contributed by atoms with van der Waals surface area (Å²) in [5.74, 6) is 3.19. The van der Waals surface area contributed by atoms with Gasteiger partial charge in [-0.3, -0.25) is 4.79 Å². The van der Waals surface area contributed by atoms with Gasteiger partial charge >= 0.3 is 5.97 Å². The molecule has 0 spiro atoms. The predicted molar refractivity (Wildman–Crippen MR) is 138 cm³/mol. The zero-order valence-corrected chi connectivity index (χ0v) is 22.5. The third-order valence-electron chi connectivity index (χ3n) is 7.36. The molecule has 1 heterocycles. The Morgan fingerprint density at radius 3 is 2.53 bits per heavy atom. The van der Waals surface area contributed by atoms with Gasteiger partial charge in [-0.05, 0) is 75.8 Å². The van der Waals surface area contributed by atoms with E-state index in [2.05, 4.69) is 34.7 Å². The number of hydrogen-bond donors (Lipinski definition) is 0. The molecule has 1 atom stereocenters. The number of ketones is 1. The summed E-state index contributed by atoms with van der Waals surface area (Å²) in [6.45, 7) is 10.5. The van der Waals surface area contributed by atoms with Crippen molar-refractivity contribution in [1.29, 1.82) is 0 Å². The molecule has 0 radical (unpaired) electrons. The van der Waals surface area contributed by atoms with Crippen molar-refractivity contribution in [1.82, 2.24) is 14.8 Å². The van der Waals surface area contributed by atoms with Crippen LogP contribution >= 0.6 is 0 Å². The van der Waals surface area contributed by atoms with Crippen molar-refractivity contribution in [2.75, 3.05) is 13.2 Å². The van der Waals surface area contributed by atoms with Crippen LogP contribution in [0.5, 0.6) is 0 Å². The van der Waals surface area contributed by atoms with Gasteiger partial charge in [-0.1, -0.05) is 37.6 Å². The molecule has 2 aromatic rings. The number of esters is 1. The third-order valence-corrected chi connectivity index (χ3v) is 7.36. The summed E-state index contributed by atoms with van der Waals surface area (Å²) in [6, 6.07) is 6.51. The second kappa shape index (κ2) is 11.7. The lowest BCUT2D eigenvalue weighted by Gasteiger charge is -2.36. The highest BCUT2D eigenvalue weighted by atomic mass is 16.6. The van der Waals surface area contributed by atoms with Crippen molar-refractivity contribution in [3.8, 4) is 0 Å². The van der Waals surface area contributed by atoms with Crippen molar-refractivity contribution < 1.29 is 19.1 Å². The Kier molecular flexibility index (Phi) is 8.60. The summed E-state index contributed by atoms with van der Waals surface area (Å²) >= 11 is 0. The van der Waals surface area contributed by atoms with Gasteiger partial charge in [0, 0.05) is 24.8 Å². The monoisotopic (exact) mass is 495 g/mol. The van der Waals surface area contributed by atoms with E-state index in [0.29, 0.717) is 36.7 Å². The van der Waals surface area contributed by atoms with Crippen LogP contribution in [0.4, 0.5) is 0 Å². The van der Waals surface area contributed by atoms with Crippen LogP contribution in [0, 0.1) is 25.7 Å². The maximum atomic E-state index is 13.2. The molecule has 36 heavy (non-hydrogen) atoms. The van der Waals surface area contributed by atoms with Crippen molar-refractivity contribution >= 4 is 11.8 Å². The van der Waals surface area contributed by atoms with Gasteiger partial charge in [0.25, 0.3) is 0 Å². The second-order valence-electron chi connectivity index (χ2n) is 11.1. The van der Waals surface area contributed by atoms with Crippen LogP contribution in [-0.4, -0.2) is 39.7 Å². The number of carbonyl (C=O) groups is 2. The lowest BCUT2D eigenvalue weighted by Crippen LogP contribution is -2.27. The quantitative estimate of drug-likeness (QED) is 0.337. The van der Waals surface area contributed by atoms with Gasteiger partial charge in [-0.15, -0.1) is 10.2 Å². The predicted octanol–water partition coefficient (Wildman–Crippen LogP) is 5.59.